The number of hydrogen-bond donors (Lipinski definition) is 2. The highest BCUT2D eigenvalue weighted by Gasteiger charge is 2.30. The molecule has 1 atom stereocenters. The molecule has 33 heavy (non-hydrogen) atoms. The third kappa shape index (κ3) is 4.76. The van der Waals surface area contributed by atoms with Gasteiger partial charge in [0.2, 0.25) is 17.8 Å². The molecule has 1 aliphatic rings. The molecule has 10 nitrogen and oxygen atoms in total. The highest BCUT2D eigenvalue weighted by Crippen LogP contribution is 2.24. The quantitative estimate of drug-likeness (QED) is 0.553. The normalized spacial score (nSPS) is 15.7. The van der Waals surface area contributed by atoms with E-state index in [1.165, 1.54) is 0 Å². The summed E-state index contributed by atoms with van der Waals surface area (Å²) in [5.41, 5.74) is 14.9. The summed E-state index contributed by atoms with van der Waals surface area (Å²) >= 11 is 5.97. The number of halogens is 1. The summed E-state index contributed by atoms with van der Waals surface area (Å²) in [4.78, 5) is 37.5. The highest BCUT2D eigenvalue weighted by molar-refractivity contribution is 6.30. The Morgan fingerprint density at radius 3 is 2.39 bits per heavy atom. The third-order valence-electron chi connectivity index (χ3n) is 6.14. The number of anilines is 1. The maximum absolute atomic E-state index is 12.9. The van der Waals surface area contributed by atoms with Crippen molar-refractivity contribution in [1.29, 1.82) is 0 Å². The van der Waals surface area contributed by atoms with Gasteiger partial charge in [-0.15, -0.1) is 5.10 Å². The average molecular weight is 471 g/mol. The van der Waals surface area contributed by atoms with Crippen LogP contribution in [0, 0.1) is 13.8 Å². The van der Waals surface area contributed by atoms with E-state index < -0.39 is 11.9 Å². The molecule has 2 aromatic heterocycles. The fourth-order valence-electron chi connectivity index (χ4n) is 4.41. The fourth-order valence-corrected chi connectivity index (χ4v) is 4.53. The Balaban J connectivity index is 1.38. The maximum Gasteiger partial charge on any atom is 0.254 e. The van der Waals surface area contributed by atoms with E-state index in [0.29, 0.717) is 49.8 Å². The van der Waals surface area contributed by atoms with Crippen molar-refractivity contribution in [2.24, 2.45) is 5.73 Å². The largest absolute Gasteiger partial charge is 0.368 e. The summed E-state index contributed by atoms with van der Waals surface area (Å²) in [6.45, 7) is 6.01. The van der Waals surface area contributed by atoms with Crippen LogP contribution in [0.4, 0.5) is 5.95 Å². The minimum absolute atomic E-state index is 0.0637. The molecule has 1 unspecified atom stereocenters. The van der Waals surface area contributed by atoms with Crippen molar-refractivity contribution in [2.45, 2.75) is 32.7 Å². The predicted octanol–water partition coefficient (Wildman–Crippen LogP) is 1.28. The second kappa shape index (κ2) is 9.32. The number of carbonyl (C=O) groups is 2. The molecule has 1 fully saturated rings. The lowest BCUT2D eigenvalue weighted by atomic mass is 10.0. The van der Waals surface area contributed by atoms with Gasteiger partial charge in [-0.2, -0.15) is 9.50 Å². The zero-order valence-electron chi connectivity index (χ0n) is 18.7. The lowest BCUT2D eigenvalue weighted by Gasteiger charge is -2.38. The van der Waals surface area contributed by atoms with Crippen molar-refractivity contribution in [3.05, 3.63) is 51.8 Å². The van der Waals surface area contributed by atoms with Crippen LogP contribution < -0.4 is 11.5 Å². The predicted molar refractivity (Wildman–Crippen MR) is 125 cm³/mol. The smallest absolute Gasteiger partial charge is 0.254 e. The number of nitrogens with two attached hydrogens (primary N) is 2. The van der Waals surface area contributed by atoms with Gasteiger partial charge in [0.15, 0.2) is 0 Å². The first kappa shape index (κ1) is 22.9. The zero-order chi connectivity index (χ0) is 23.7. The van der Waals surface area contributed by atoms with Crippen LogP contribution in [0.3, 0.4) is 0 Å². The topological polar surface area (TPSA) is 136 Å². The number of fused-ring (bicyclic) bond motifs is 1. The summed E-state index contributed by atoms with van der Waals surface area (Å²) in [5.74, 6) is 0.274. The van der Waals surface area contributed by atoms with Crippen molar-refractivity contribution >= 4 is 35.1 Å². The van der Waals surface area contributed by atoms with Crippen LogP contribution in [0.15, 0.2) is 24.3 Å². The van der Waals surface area contributed by atoms with E-state index >= 15 is 0 Å². The fraction of sp³-hybridized carbons (Fsp3) is 0.409. The minimum atomic E-state index is -0.544. The van der Waals surface area contributed by atoms with Crippen molar-refractivity contribution in [2.75, 3.05) is 31.9 Å². The van der Waals surface area contributed by atoms with E-state index in [-0.39, 0.29) is 11.9 Å². The minimum Gasteiger partial charge on any atom is -0.368 e. The molecule has 0 saturated carbocycles. The van der Waals surface area contributed by atoms with Crippen molar-refractivity contribution < 1.29 is 9.59 Å². The van der Waals surface area contributed by atoms with E-state index in [1.807, 2.05) is 35.8 Å². The van der Waals surface area contributed by atoms with E-state index in [0.717, 1.165) is 22.5 Å². The standard InChI is InChI=1S/C22H27ClN8O2/c1-13-17(14(2)31-22(26-13)27-21(25)28-31)7-8-18(32)29-9-11-30(12-10-29)19(20(24)33)15-3-5-16(23)6-4-15/h3-6,19H,7-12H2,1-2H3,(H2,24,33)(H2,25,28). The van der Waals surface area contributed by atoms with Crippen LogP contribution in [0.1, 0.15) is 35.0 Å². The number of nitrogen functional groups attached to an aromatic ring is 1. The summed E-state index contributed by atoms with van der Waals surface area (Å²) in [6, 6.07) is 6.58. The van der Waals surface area contributed by atoms with Gasteiger partial charge in [0.1, 0.15) is 6.04 Å². The number of amides is 2. The summed E-state index contributed by atoms with van der Waals surface area (Å²) < 4.78 is 1.61. The Morgan fingerprint density at radius 2 is 1.76 bits per heavy atom. The third-order valence-corrected chi connectivity index (χ3v) is 6.39. The summed E-state index contributed by atoms with van der Waals surface area (Å²) in [5, 5.41) is 4.78. The molecule has 4 N–H and O–H groups in total. The van der Waals surface area contributed by atoms with Gasteiger partial charge >= 0.3 is 0 Å². The maximum atomic E-state index is 12.9. The number of primary amides is 1. The first-order valence-corrected chi connectivity index (χ1v) is 11.2. The van der Waals surface area contributed by atoms with Gasteiger partial charge in [-0.3, -0.25) is 14.5 Å². The molecule has 3 aromatic rings. The lowest BCUT2D eigenvalue weighted by molar-refractivity contribution is -0.134. The number of hydrogen-bond acceptors (Lipinski definition) is 7. The Morgan fingerprint density at radius 1 is 1.09 bits per heavy atom. The summed E-state index contributed by atoms with van der Waals surface area (Å²) in [7, 11) is 0. The van der Waals surface area contributed by atoms with E-state index in [4.69, 9.17) is 23.1 Å². The van der Waals surface area contributed by atoms with Crippen LogP contribution in [-0.2, 0) is 16.0 Å². The monoisotopic (exact) mass is 470 g/mol. The summed E-state index contributed by atoms with van der Waals surface area (Å²) in [6.07, 6.45) is 0.906. The molecule has 174 valence electrons. The van der Waals surface area contributed by atoms with Crippen molar-refractivity contribution in [3.63, 3.8) is 0 Å². The van der Waals surface area contributed by atoms with Crippen LogP contribution in [-0.4, -0.2) is 67.4 Å². The van der Waals surface area contributed by atoms with Crippen molar-refractivity contribution in [3.8, 4) is 0 Å². The van der Waals surface area contributed by atoms with Crippen LogP contribution >= 0.6 is 11.6 Å². The molecule has 4 rings (SSSR count). The van der Waals surface area contributed by atoms with Crippen LogP contribution in [0.5, 0.6) is 0 Å². The van der Waals surface area contributed by atoms with Gasteiger partial charge in [0.25, 0.3) is 5.78 Å². The van der Waals surface area contributed by atoms with Gasteiger partial charge in [0, 0.05) is 49.0 Å². The first-order chi connectivity index (χ1) is 15.7. The molecule has 2 amide bonds. The Kier molecular flexibility index (Phi) is 6.48. The molecule has 11 heteroatoms. The molecule has 1 saturated heterocycles. The van der Waals surface area contributed by atoms with Gasteiger partial charge in [0.05, 0.1) is 0 Å². The molecule has 1 aliphatic heterocycles. The number of aromatic nitrogens is 4. The van der Waals surface area contributed by atoms with E-state index in [2.05, 4.69) is 15.1 Å². The SMILES string of the molecule is Cc1nc2nc(N)nn2c(C)c1CCC(=O)N1CCN(C(C(N)=O)c2ccc(Cl)cc2)CC1. The highest BCUT2D eigenvalue weighted by atomic mass is 35.5. The molecule has 1 aromatic carbocycles. The number of rotatable bonds is 6. The molecule has 0 aliphatic carbocycles. The number of nitrogens with zero attached hydrogens (tertiary/aromatic N) is 6. The van der Waals surface area contributed by atoms with Gasteiger partial charge in [-0.1, -0.05) is 23.7 Å². The molecular formula is C22H27ClN8O2. The van der Waals surface area contributed by atoms with Crippen LogP contribution in [0.25, 0.3) is 5.78 Å². The number of carbonyl (C=O) groups excluding carboxylic acids is 2. The van der Waals surface area contributed by atoms with E-state index in [1.54, 1.807) is 16.6 Å². The first-order valence-electron chi connectivity index (χ1n) is 10.8. The van der Waals surface area contributed by atoms with Gasteiger partial charge in [-0.25, -0.2) is 4.98 Å². The van der Waals surface area contributed by atoms with Gasteiger partial charge in [-0.05, 0) is 43.5 Å². The Hall–Kier alpha value is -3.24. The second-order valence-corrected chi connectivity index (χ2v) is 8.65. The van der Waals surface area contributed by atoms with Gasteiger partial charge < -0.3 is 16.4 Å². The Labute approximate surface area is 196 Å². The second-order valence-electron chi connectivity index (χ2n) is 8.22. The molecule has 0 radical (unpaired) electrons. The molecule has 3 heterocycles. The molecular weight excluding hydrogens is 444 g/mol. The molecule has 0 spiro atoms. The van der Waals surface area contributed by atoms with E-state index in [9.17, 15) is 9.59 Å². The van der Waals surface area contributed by atoms with Crippen LogP contribution in [0.2, 0.25) is 5.02 Å². The lowest BCUT2D eigenvalue weighted by Crippen LogP contribution is -2.51. The van der Waals surface area contributed by atoms with Crippen molar-refractivity contribution in [1.82, 2.24) is 29.4 Å². The average Bonchev–Trinajstić information content (AvgIpc) is 3.15. The number of aryl methyl sites for hydroxylation is 2. The zero-order valence-corrected chi connectivity index (χ0v) is 19.4. The number of benzene rings is 1. The number of piperazine rings is 1. The Bertz CT molecular complexity index is 1190. The molecule has 0 bridgehead atoms.